The number of hydrogen-bond donors (Lipinski definition) is 1. The second-order valence-electron chi connectivity index (χ2n) is 8.12. The van der Waals surface area contributed by atoms with Gasteiger partial charge in [0.25, 0.3) is 0 Å². The maximum absolute atomic E-state index is 12.6. The van der Waals surface area contributed by atoms with Crippen molar-refractivity contribution in [1.29, 1.82) is 0 Å². The third kappa shape index (κ3) is 5.32. The summed E-state index contributed by atoms with van der Waals surface area (Å²) in [4.78, 5) is 26.4. The lowest BCUT2D eigenvalue weighted by molar-refractivity contribution is -0.125. The number of rotatable bonds is 7. The highest BCUT2D eigenvalue weighted by atomic mass is 16.1. The van der Waals surface area contributed by atoms with Crippen molar-refractivity contribution in [1.82, 2.24) is 20.2 Å². The summed E-state index contributed by atoms with van der Waals surface area (Å²) in [5, 5.41) is 3.15. The highest BCUT2D eigenvalue weighted by Crippen LogP contribution is 2.23. The van der Waals surface area contributed by atoms with Crippen LogP contribution >= 0.6 is 0 Å². The van der Waals surface area contributed by atoms with Crippen LogP contribution in [0, 0.1) is 5.92 Å². The summed E-state index contributed by atoms with van der Waals surface area (Å²) in [6.07, 6.45) is 9.36. The molecule has 0 aliphatic carbocycles. The van der Waals surface area contributed by atoms with E-state index in [1.54, 1.807) is 0 Å². The number of piperidine rings is 1. The predicted molar refractivity (Wildman–Crippen MR) is 116 cm³/mol. The van der Waals surface area contributed by atoms with Gasteiger partial charge in [0.15, 0.2) is 0 Å². The van der Waals surface area contributed by atoms with Crippen molar-refractivity contribution in [3.63, 3.8) is 0 Å². The van der Waals surface area contributed by atoms with Crippen LogP contribution in [0.1, 0.15) is 32.1 Å². The van der Waals surface area contributed by atoms with E-state index in [2.05, 4.69) is 37.2 Å². The second kappa shape index (κ2) is 9.83. The van der Waals surface area contributed by atoms with Gasteiger partial charge in [-0.05, 0) is 57.3 Å². The lowest BCUT2D eigenvalue weighted by atomic mass is 9.97. The molecule has 2 saturated heterocycles. The van der Waals surface area contributed by atoms with E-state index in [1.807, 2.05) is 30.6 Å². The van der Waals surface area contributed by atoms with Crippen molar-refractivity contribution in [3.05, 3.63) is 42.7 Å². The van der Waals surface area contributed by atoms with Crippen LogP contribution < -0.4 is 10.2 Å². The molecule has 0 spiro atoms. The molecule has 0 saturated carbocycles. The molecule has 1 aromatic heterocycles. The largest absolute Gasteiger partial charge is 0.356 e. The molecule has 0 radical (unpaired) electrons. The van der Waals surface area contributed by atoms with Gasteiger partial charge in [-0.2, -0.15) is 0 Å². The van der Waals surface area contributed by atoms with Gasteiger partial charge in [0.2, 0.25) is 11.9 Å². The van der Waals surface area contributed by atoms with Crippen LogP contribution in [0.3, 0.4) is 0 Å². The standard InChI is InChI=1S/C23H31N5O/c29-22(24-11-7-14-27-12-4-5-13-27)20-10-6-15-28(18-20)23-25-16-21(17-26-23)19-8-2-1-3-9-19/h1-3,8-9,16-17,20H,4-7,10-15,18H2,(H,24,29)/t20-/m0/s1. The maximum atomic E-state index is 12.6. The molecule has 1 atom stereocenters. The lowest BCUT2D eigenvalue weighted by Gasteiger charge is -2.32. The zero-order valence-corrected chi connectivity index (χ0v) is 17.1. The number of carbonyl (C=O) groups excluding carboxylic acids is 1. The molecular formula is C23H31N5O. The van der Waals surface area contributed by atoms with Crippen LogP contribution in [0.4, 0.5) is 5.95 Å². The SMILES string of the molecule is O=C(NCCCN1CCCC1)[C@H]1CCCN(c2ncc(-c3ccccc3)cn2)C1. The molecule has 1 amide bonds. The Kier molecular flexibility index (Phi) is 6.72. The Morgan fingerprint density at radius 3 is 2.52 bits per heavy atom. The van der Waals surface area contributed by atoms with Crippen molar-refractivity contribution in [2.45, 2.75) is 32.1 Å². The number of carbonyl (C=O) groups is 1. The zero-order valence-electron chi connectivity index (χ0n) is 17.1. The van der Waals surface area contributed by atoms with Gasteiger partial charge in [-0.3, -0.25) is 4.79 Å². The Labute approximate surface area is 173 Å². The van der Waals surface area contributed by atoms with E-state index in [1.165, 1.54) is 25.9 Å². The molecule has 2 aromatic rings. The molecule has 154 valence electrons. The van der Waals surface area contributed by atoms with Gasteiger partial charge in [0, 0.05) is 37.6 Å². The molecular weight excluding hydrogens is 362 g/mol. The Morgan fingerprint density at radius 1 is 1.00 bits per heavy atom. The van der Waals surface area contributed by atoms with Crippen LogP contribution in [0.15, 0.2) is 42.7 Å². The number of nitrogens with zero attached hydrogens (tertiary/aromatic N) is 4. The first kappa shape index (κ1) is 19.8. The van der Waals surface area contributed by atoms with Gasteiger partial charge < -0.3 is 15.1 Å². The van der Waals surface area contributed by atoms with Crippen molar-refractivity contribution < 1.29 is 4.79 Å². The first-order valence-corrected chi connectivity index (χ1v) is 10.9. The Bertz CT molecular complexity index is 774. The Hall–Kier alpha value is -2.47. The summed E-state index contributed by atoms with van der Waals surface area (Å²) in [5.41, 5.74) is 2.13. The van der Waals surface area contributed by atoms with Gasteiger partial charge in [0.1, 0.15) is 0 Å². The van der Waals surface area contributed by atoms with E-state index in [-0.39, 0.29) is 11.8 Å². The molecule has 2 aliphatic heterocycles. The molecule has 4 rings (SSSR count). The average molecular weight is 394 g/mol. The van der Waals surface area contributed by atoms with Gasteiger partial charge in [-0.1, -0.05) is 30.3 Å². The normalized spacial score (nSPS) is 20.0. The van der Waals surface area contributed by atoms with E-state index >= 15 is 0 Å². The number of benzene rings is 1. The van der Waals surface area contributed by atoms with E-state index in [0.717, 1.165) is 56.0 Å². The number of anilines is 1. The highest BCUT2D eigenvalue weighted by Gasteiger charge is 2.27. The minimum Gasteiger partial charge on any atom is -0.356 e. The molecule has 1 N–H and O–H groups in total. The minimum atomic E-state index is 0.0212. The van der Waals surface area contributed by atoms with Gasteiger partial charge in [0.05, 0.1) is 5.92 Å². The predicted octanol–water partition coefficient (Wildman–Crippen LogP) is 2.96. The summed E-state index contributed by atoms with van der Waals surface area (Å²) >= 11 is 0. The summed E-state index contributed by atoms with van der Waals surface area (Å²) in [7, 11) is 0. The molecule has 6 nitrogen and oxygen atoms in total. The van der Waals surface area contributed by atoms with Crippen LogP contribution in [0.5, 0.6) is 0 Å². The summed E-state index contributed by atoms with van der Waals surface area (Å²) in [5.74, 6) is 0.918. The number of amides is 1. The minimum absolute atomic E-state index is 0.0212. The summed E-state index contributed by atoms with van der Waals surface area (Å²) < 4.78 is 0. The fraction of sp³-hybridized carbons (Fsp3) is 0.522. The van der Waals surface area contributed by atoms with Crippen LogP contribution in [-0.2, 0) is 4.79 Å². The molecule has 0 unspecified atom stereocenters. The average Bonchev–Trinajstić information content (AvgIpc) is 3.31. The van der Waals surface area contributed by atoms with Crippen LogP contribution in [0.2, 0.25) is 0 Å². The van der Waals surface area contributed by atoms with Crippen molar-refractivity contribution in [2.75, 3.05) is 44.2 Å². The number of aromatic nitrogens is 2. The van der Waals surface area contributed by atoms with Crippen molar-refractivity contribution in [2.24, 2.45) is 5.92 Å². The zero-order chi connectivity index (χ0) is 19.9. The third-order valence-corrected chi connectivity index (χ3v) is 5.97. The van der Waals surface area contributed by atoms with Gasteiger partial charge in [-0.25, -0.2) is 9.97 Å². The molecule has 3 heterocycles. The quantitative estimate of drug-likeness (QED) is 0.733. The molecule has 29 heavy (non-hydrogen) atoms. The maximum Gasteiger partial charge on any atom is 0.225 e. The lowest BCUT2D eigenvalue weighted by Crippen LogP contribution is -2.44. The second-order valence-corrected chi connectivity index (χ2v) is 8.12. The smallest absolute Gasteiger partial charge is 0.225 e. The third-order valence-electron chi connectivity index (χ3n) is 5.97. The molecule has 2 fully saturated rings. The van der Waals surface area contributed by atoms with Crippen molar-refractivity contribution >= 4 is 11.9 Å². The summed E-state index contributed by atoms with van der Waals surface area (Å²) in [6.45, 7) is 5.90. The number of nitrogens with one attached hydrogen (secondary N) is 1. The molecule has 6 heteroatoms. The molecule has 1 aromatic carbocycles. The monoisotopic (exact) mass is 393 g/mol. The topological polar surface area (TPSA) is 61.4 Å². The first-order chi connectivity index (χ1) is 14.3. The fourth-order valence-corrected chi connectivity index (χ4v) is 4.30. The number of likely N-dealkylation sites (tertiary alicyclic amines) is 1. The van der Waals surface area contributed by atoms with E-state index in [9.17, 15) is 4.79 Å². The van der Waals surface area contributed by atoms with Crippen molar-refractivity contribution in [3.8, 4) is 11.1 Å². The van der Waals surface area contributed by atoms with E-state index in [0.29, 0.717) is 6.54 Å². The van der Waals surface area contributed by atoms with Crippen LogP contribution in [-0.4, -0.2) is 60.0 Å². The number of hydrogen-bond acceptors (Lipinski definition) is 5. The fourth-order valence-electron chi connectivity index (χ4n) is 4.30. The van der Waals surface area contributed by atoms with E-state index in [4.69, 9.17) is 0 Å². The Balaban J connectivity index is 1.27. The van der Waals surface area contributed by atoms with Gasteiger partial charge in [-0.15, -0.1) is 0 Å². The van der Waals surface area contributed by atoms with Crippen LogP contribution in [0.25, 0.3) is 11.1 Å². The highest BCUT2D eigenvalue weighted by molar-refractivity contribution is 5.79. The van der Waals surface area contributed by atoms with E-state index < -0.39 is 0 Å². The van der Waals surface area contributed by atoms with Gasteiger partial charge >= 0.3 is 0 Å². The Morgan fingerprint density at radius 2 is 1.76 bits per heavy atom. The molecule has 2 aliphatic rings. The molecule has 0 bridgehead atoms. The first-order valence-electron chi connectivity index (χ1n) is 10.9. The summed E-state index contributed by atoms with van der Waals surface area (Å²) in [6, 6.07) is 10.2.